The van der Waals surface area contributed by atoms with Crippen molar-refractivity contribution in [3.63, 3.8) is 0 Å². The molecule has 6 bridgehead atoms. The first-order chi connectivity index (χ1) is 14.1. The zero-order valence-electron chi connectivity index (χ0n) is 16.1. The molecule has 152 valence electrons. The lowest BCUT2D eigenvalue weighted by molar-refractivity contribution is -0.123. The minimum absolute atomic E-state index is 0.115. The molecule has 1 aliphatic heterocycles. The molecule has 2 fully saturated rings. The summed E-state index contributed by atoms with van der Waals surface area (Å²) in [7, 11) is 0. The molecule has 2 heterocycles. The zero-order chi connectivity index (χ0) is 20.0. The summed E-state index contributed by atoms with van der Waals surface area (Å²) in [5.74, 6) is 0.229. The second-order valence-corrected chi connectivity index (χ2v) is 8.42. The summed E-state index contributed by atoms with van der Waals surface area (Å²) in [6.07, 6.45) is 4.00. The molecule has 1 aromatic carbocycles. The number of fused-ring (bicyclic) bond motifs is 5. The summed E-state index contributed by atoms with van der Waals surface area (Å²) in [5, 5.41) is 9.95. The van der Waals surface area contributed by atoms with Crippen LogP contribution in [0.3, 0.4) is 0 Å². The van der Waals surface area contributed by atoms with E-state index in [0.29, 0.717) is 11.9 Å². The molecule has 29 heavy (non-hydrogen) atoms. The van der Waals surface area contributed by atoms with Crippen LogP contribution < -0.4 is 21.7 Å². The van der Waals surface area contributed by atoms with Gasteiger partial charge >= 0.3 is 0 Å². The van der Waals surface area contributed by atoms with Gasteiger partial charge in [-0.1, -0.05) is 12.1 Å². The lowest BCUT2D eigenvalue weighted by atomic mass is 9.77. The van der Waals surface area contributed by atoms with E-state index in [2.05, 4.69) is 38.1 Å². The molecule has 3 aliphatic rings. The van der Waals surface area contributed by atoms with E-state index < -0.39 is 5.82 Å². The number of primary amides is 1. The number of anilines is 3. The molecule has 2 aliphatic carbocycles. The Hall–Kier alpha value is -2.74. The average molecular weight is 396 g/mol. The first-order valence-corrected chi connectivity index (χ1v) is 10.2. The lowest BCUT2D eigenvalue weighted by Gasteiger charge is -2.35. The summed E-state index contributed by atoms with van der Waals surface area (Å²) in [6.45, 7) is 1.77. The van der Waals surface area contributed by atoms with Gasteiger partial charge < -0.3 is 21.7 Å². The van der Waals surface area contributed by atoms with Crippen LogP contribution in [-0.2, 0) is 11.2 Å². The number of nitrogens with one attached hydrogen (secondary N) is 3. The Bertz CT molecular complexity index is 937. The van der Waals surface area contributed by atoms with Gasteiger partial charge in [-0.2, -0.15) is 4.98 Å². The van der Waals surface area contributed by atoms with E-state index in [1.165, 1.54) is 5.56 Å². The van der Waals surface area contributed by atoms with Crippen molar-refractivity contribution in [3.05, 3.63) is 41.8 Å². The number of benzene rings is 1. The standard InChI is InChI=1S/C21H25FN6O/c22-16-10-25-21-26-14-3-1-2-11(6-14)4-5-24-9-13-7-12-8-15(13)18(17(12)19(23)29)27-20(16)28-21/h1-3,6,10,12-13,15,17-18,24H,4-5,7-9H2,(H2,23,29)(H2,25,26,27,28)/t12-,13+,15-,17+,18-/m1/s1. The van der Waals surface area contributed by atoms with Gasteiger partial charge in [-0.05, 0) is 67.8 Å². The van der Waals surface area contributed by atoms with Crippen molar-refractivity contribution in [1.82, 2.24) is 15.3 Å². The molecule has 0 radical (unpaired) electrons. The fourth-order valence-electron chi connectivity index (χ4n) is 5.48. The van der Waals surface area contributed by atoms with Crippen LogP contribution in [0.1, 0.15) is 18.4 Å². The van der Waals surface area contributed by atoms with Crippen LogP contribution in [0.5, 0.6) is 0 Å². The van der Waals surface area contributed by atoms with Crippen molar-refractivity contribution in [2.24, 2.45) is 29.4 Å². The maximum Gasteiger partial charge on any atom is 0.229 e. The quantitative estimate of drug-likeness (QED) is 0.588. The molecule has 2 aromatic rings. The molecule has 2 saturated carbocycles. The van der Waals surface area contributed by atoms with E-state index in [1.54, 1.807) is 0 Å². The van der Waals surface area contributed by atoms with Crippen molar-refractivity contribution in [2.75, 3.05) is 23.7 Å². The number of hydrogen-bond acceptors (Lipinski definition) is 6. The van der Waals surface area contributed by atoms with E-state index in [-0.39, 0.29) is 35.5 Å². The molecule has 0 unspecified atom stereocenters. The van der Waals surface area contributed by atoms with Gasteiger partial charge in [-0.25, -0.2) is 9.37 Å². The Morgan fingerprint density at radius 2 is 2.14 bits per heavy atom. The Morgan fingerprint density at radius 1 is 1.24 bits per heavy atom. The molecule has 5 N–H and O–H groups in total. The third kappa shape index (κ3) is 3.42. The first kappa shape index (κ1) is 18.3. The third-order valence-corrected chi connectivity index (χ3v) is 6.70. The van der Waals surface area contributed by atoms with E-state index in [0.717, 1.165) is 44.2 Å². The Kier molecular flexibility index (Phi) is 4.58. The topological polar surface area (TPSA) is 105 Å². The Morgan fingerprint density at radius 3 is 3.00 bits per heavy atom. The second-order valence-electron chi connectivity index (χ2n) is 8.42. The van der Waals surface area contributed by atoms with Crippen LogP contribution in [0.4, 0.5) is 21.8 Å². The van der Waals surface area contributed by atoms with E-state index in [4.69, 9.17) is 5.73 Å². The number of nitrogens with zero attached hydrogens (tertiary/aromatic N) is 2. The predicted molar refractivity (Wildman–Crippen MR) is 108 cm³/mol. The molecule has 5 rings (SSSR count). The van der Waals surface area contributed by atoms with Crippen LogP contribution in [0.25, 0.3) is 0 Å². The van der Waals surface area contributed by atoms with Gasteiger partial charge in [0.1, 0.15) is 0 Å². The average Bonchev–Trinajstić information content (AvgIpc) is 3.26. The van der Waals surface area contributed by atoms with Gasteiger partial charge in [0.05, 0.1) is 12.1 Å². The smallest absolute Gasteiger partial charge is 0.229 e. The van der Waals surface area contributed by atoms with E-state index >= 15 is 0 Å². The van der Waals surface area contributed by atoms with Crippen LogP contribution in [0.2, 0.25) is 0 Å². The minimum atomic E-state index is -0.533. The number of nitrogens with two attached hydrogens (primary N) is 1. The van der Waals surface area contributed by atoms with Gasteiger partial charge in [-0.3, -0.25) is 4.79 Å². The van der Waals surface area contributed by atoms with Crippen molar-refractivity contribution < 1.29 is 9.18 Å². The van der Waals surface area contributed by atoms with E-state index in [1.807, 2.05) is 12.1 Å². The summed E-state index contributed by atoms with van der Waals surface area (Å²) in [6, 6.07) is 7.85. The Balaban J connectivity index is 1.51. The maximum absolute atomic E-state index is 14.5. The highest BCUT2D eigenvalue weighted by atomic mass is 19.1. The van der Waals surface area contributed by atoms with Crippen LogP contribution in [0.15, 0.2) is 30.5 Å². The minimum Gasteiger partial charge on any atom is -0.369 e. The first-order valence-electron chi connectivity index (χ1n) is 10.2. The molecular formula is C21H25FN6O. The Labute approximate surface area is 168 Å². The lowest BCUT2D eigenvalue weighted by Crippen LogP contribution is -2.47. The molecule has 0 spiro atoms. The summed E-state index contributed by atoms with van der Waals surface area (Å²) >= 11 is 0. The molecular weight excluding hydrogens is 371 g/mol. The molecule has 8 heteroatoms. The van der Waals surface area contributed by atoms with Gasteiger partial charge in [0.2, 0.25) is 11.9 Å². The molecule has 7 nitrogen and oxygen atoms in total. The highest BCUT2D eigenvalue weighted by molar-refractivity contribution is 5.79. The van der Waals surface area contributed by atoms with Crippen molar-refractivity contribution in [3.8, 4) is 0 Å². The van der Waals surface area contributed by atoms with Crippen molar-refractivity contribution in [1.29, 1.82) is 0 Å². The summed E-state index contributed by atoms with van der Waals surface area (Å²) in [5.41, 5.74) is 7.78. The van der Waals surface area contributed by atoms with Crippen LogP contribution in [-0.4, -0.2) is 35.0 Å². The van der Waals surface area contributed by atoms with Gasteiger partial charge in [0.25, 0.3) is 0 Å². The van der Waals surface area contributed by atoms with Crippen LogP contribution in [0, 0.1) is 29.5 Å². The van der Waals surface area contributed by atoms with E-state index in [9.17, 15) is 9.18 Å². The van der Waals surface area contributed by atoms with Crippen LogP contribution >= 0.6 is 0 Å². The number of hydrogen-bond donors (Lipinski definition) is 4. The van der Waals surface area contributed by atoms with Gasteiger partial charge in [-0.15, -0.1) is 0 Å². The number of aromatic nitrogens is 2. The number of halogens is 1. The van der Waals surface area contributed by atoms with Crippen molar-refractivity contribution >= 4 is 23.4 Å². The second kappa shape index (κ2) is 7.26. The fraction of sp³-hybridized carbons (Fsp3) is 0.476. The number of carbonyl (C=O) groups is 1. The maximum atomic E-state index is 14.5. The van der Waals surface area contributed by atoms with Crippen molar-refractivity contribution in [2.45, 2.75) is 25.3 Å². The highest BCUT2D eigenvalue weighted by Gasteiger charge is 2.54. The molecule has 1 amide bonds. The predicted octanol–water partition coefficient (Wildman–Crippen LogP) is 2.04. The summed E-state index contributed by atoms with van der Waals surface area (Å²) in [4.78, 5) is 20.6. The fourth-order valence-corrected chi connectivity index (χ4v) is 5.48. The van der Waals surface area contributed by atoms with Gasteiger partial charge in [0, 0.05) is 11.7 Å². The SMILES string of the molecule is NC(=O)[C@H]1[C@@H]2C[C@H]3CNCCc4cccc(c4)Nc4ncc(F)c(n4)N[C@@H]1[C@@H]3C2. The van der Waals surface area contributed by atoms with Gasteiger partial charge in [0.15, 0.2) is 11.6 Å². The molecule has 0 saturated heterocycles. The molecule has 1 aromatic heterocycles. The molecule has 5 atom stereocenters. The number of carbonyl (C=O) groups excluding carboxylic acids is 1. The monoisotopic (exact) mass is 396 g/mol. The number of rotatable bonds is 1. The summed E-state index contributed by atoms with van der Waals surface area (Å²) < 4.78 is 14.5. The number of amides is 1. The normalized spacial score (nSPS) is 30.6. The zero-order valence-corrected chi connectivity index (χ0v) is 16.1. The highest BCUT2D eigenvalue weighted by Crippen LogP contribution is 2.52. The third-order valence-electron chi connectivity index (χ3n) is 6.70. The largest absolute Gasteiger partial charge is 0.369 e.